The first-order valence-corrected chi connectivity index (χ1v) is 0. The van der Waals surface area contributed by atoms with E-state index in [9.17, 15) is 0 Å². The van der Waals surface area contributed by atoms with Crippen molar-refractivity contribution < 1.29 is 18.8 Å². The first-order chi connectivity index (χ1) is 0. The standard InChI is InChI=1S/CH4.4FH.H3N/h1H4;4*1H;1H3. The molecule has 0 rings (SSSR count). The third-order valence-corrected chi connectivity index (χ3v) is 0. The van der Waals surface area contributed by atoms with Gasteiger partial charge in [0.2, 0.25) is 0 Å². The lowest BCUT2D eigenvalue weighted by atomic mass is 12.0. The number of rotatable bonds is 0. The summed E-state index contributed by atoms with van der Waals surface area (Å²) in [6.45, 7) is 0. The molecular formula is CH11F4N. The Hall–Kier alpha value is -0.320. The molecule has 0 aromatic carbocycles. The van der Waals surface area contributed by atoms with Crippen LogP contribution in [0.15, 0.2) is 0 Å². The largest absolute Gasteiger partial charge is 0.344 e. The second-order valence-corrected chi connectivity index (χ2v) is 0. The molecule has 0 aromatic heterocycles. The summed E-state index contributed by atoms with van der Waals surface area (Å²) in [6.07, 6.45) is 0. The first kappa shape index (κ1) is 1210. The maximum atomic E-state index is 0. The normalized spacial score (nSPS) is 0. The maximum absolute atomic E-state index is 0. The van der Waals surface area contributed by atoms with E-state index in [1.54, 1.807) is 0 Å². The topological polar surface area (TPSA) is 35.0 Å². The molecule has 5 heteroatoms. The number of hydrogen-bond acceptors (Lipinski definition) is 1. The van der Waals surface area contributed by atoms with Crippen LogP contribution in [0.25, 0.3) is 0 Å². The molecule has 3 N–H and O–H groups in total. The molecule has 0 saturated carbocycles. The Morgan fingerprint density at radius 2 is 0.500 bits per heavy atom. The molecular weight excluding hydrogens is 102 g/mol. The Morgan fingerprint density at radius 1 is 0.500 bits per heavy atom. The van der Waals surface area contributed by atoms with Gasteiger partial charge in [0.15, 0.2) is 0 Å². The highest BCUT2D eigenvalue weighted by Gasteiger charge is -0.0775. The Kier molecular flexibility index (Phi) is 125000. The lowest BCUT2D eigenvalue weighted by Crippen LogP contribution is -0.481. The van der Waals surface area contributed by atoms with Gasteiger partial charge in [0, 0.05) is 0 Å². The molecule has 0 saturated heterocycles. The van der Waals surface area contributed by atoms with E-state index in [2.05, 4.69) is 0 Å². The molecule has 48 valence electrons. The van der Waals surface area contributed by atoms with Crippen molar-refractivity contribution >= 4 is 0 Å². The molecule has 0 heterocycles. The van der Waals surface area contributed by atoms with Crippen LogP contribution in [-0.4, -0.2) is 0 Å². The molecule has 0 unspecified atom stereocenters. The van der Waals surface area contributed by atoms with Gasteiger partial charge >= 0.3 is 0 Å². The molecule has 0 bridgehead atoms. The molecule has 0 aliphatic carbocycles. The van der Waals surface area contributed by atoms with Crippen molar-refractivity contribution in [3.05, 3.63) is 0 Å². The quantitative estimate of drug-likeness (QED) is 0.473. The fraction of sp³-hybridized carbons (Fsp3) is 1.00. The van der Waals surface area contributed by atoms with Crippen molar-refractivity contribution in [2.45, 2.75) is 7.43 Å². The fourth-order valence-electron chi connectivity index (χ4n) is 0. The van der Waals surface area contributed by atoms with Crippen LogP contribution in [0, 0.1) is 0 Å². The molecule has 0 spiro atoms. The van der Waals surface area contributed by atoms with Gasteiger partial charge in [-0.05, 0) is 0 Å². The minimum Gasteiger partial charge on any atom is -0.344 e. The molecule has 0 atom stereocenters. The summed E-state index contributed by atoms with van der Waals surface area (Å²) >= 11 is 0. The summed E-state index contributed by atoms with van der Waals surface area (Å²) in [7, 11) is 0. The van der Waals surface area contributed by atoms with Crippen LogP contribution in [0.1, 0.15) is 7.43 Å². The van der Waals surface area contributed by atoms with Crippen LogP contribution in [-0.2, 0) is 0 Å². The molecule has 0 aromatic rings. The van der Waals surface area contributed by atoms with Crippen molar-refractivity contribution in [3.63, 3.8) is 0 Å². The van der Waals surface area contributed by atoms with Crippen molar-refractivity contribution in [2.24, 2.45) is 0 Å². The maximum Gasteiger partial charge on any atom is -0.0776 e. The molecule has 6 heavy (non-hydrogen) atoms. The summed E-state index contributed by atoms with van der Waals surface area (Å²) < 4.78 is 0. The highest BCUT2D eigenvalue weighted by Crippen LogP contribution is 0.423. The summed E-state index contributed by atoms with van der Waals surface area (Å²) in [5.41, 5.74) is 0. The number of hydrogen-bond donors (Lipinski definition) is 1. The van der Waals surface area contributed by atoms with E-state index < -0.39 is 0 Å². The Balaban J connectivity index is 0. The molecule has 1 nitrogen and oxygen atoms in total. The van der Waals surface area contributed by atoms with Crippen LogP contribution in [0.3, 0.4) is 0 Å². The van der Waals surface area contributed by atoms with E-state index in [0.717, 1.165) is 0 Å². The van der Waals surface area contributed by atoms with Crippen LogP contribution in [0.5, 0.6) is 0 Å². The van der Waals surface area contributed by atoms with Gasteiger partial charge in [0.05, 0.1) is 0 Å². The van der Waals surface area contributed by atoms with Crippen LogP contribution in [0.2, 0.25) is 0 Å². The Morgan fingerprint density at radius 3 is 0.500 bits per heavy atom. The summed E-state index contributed by atoms with van der Waals surface area (Å²) in [5, 5.41) is 0. The number of halogens is 4. The highest BCUT2D eigenvalue weighted by molar-refractivity contribution is 2.50. The van der Waals surface area contributed by atoms with Crippen molar-refractivity contribution in [1.82, 2.24) is 6.15 Å². The zero-order valence-corrected chi connectivity index (χ0v) is 2.34. The van der Waals surface area contributed by atoms with Crippen LogP contribution < -0.4 is 6.15 Å². The van der Waals surface area contributed by atoms with E-state index in [0.29, 0.717) is 0 Å². The van der Waals surface area contributed by atoms with Gasteiger partial charge in [-0.3, -0.25) is 18.8 Å². The molecule has 0 fully saturated rings. The molecule has 0 aliphatic heterocycles. The van der Waals surface area contributed by atoms with Gasteiger partial charge in [-0.2, -0.15) is 0 Å². The zero-order valence-electron chi connectivity index (χ0n) is 2.34. The molecule has 0 radical (unpaired) electrons. The predicted molar refractivity (Wildman–Crippen MR) is 21.8 cm³/mol. The van der Waals surface area contributed by atoms with Gasteiger partial charge in [0.25, 0.3) is 0 Å². The third-order valence-electron chi connectivity index (χ3n) is 0. The van der Waals surface area contributed by atoms with Crippen LogP contribution in [0.4, 0.5) is 18.8 Å². The lowest BCUT2D eigenvalue weighted by molar-refractivity contribution is 1.11. The second kappa shape index (κ2) is 619. The average molecular weight is 113 g/mol. The van der Waals surface area contributed by atoms with Gasteiger partial charge in [-0.1, -0.05) is 7.43 Å². The third kappa shape index (κ3) is 258. The van der Waals surface area contributed by atoms with Crippen molar-refractivity contribution in [3.8, 4) is 0 Å². The first-order valence-electron chi connectivity index (χ1n) is 0. The zero-order chi connectivity index (χ0) is 0. The van der Waals surface area contributed by atoms with Gasteiger partial charge in [-0.15, -0.1) is 0 Å². The summed E-state index contributed by atoms with van der Waals surface area (Å²) in [5.74, 6) is 0. The van der Waals surface area contributed by atoms with Crippen molar-refractivity contribution in [1.29, 1.82) is 0 Å². The minimum absolute atomic E-state index is 0. The molecule has 0 amide bonds. The van der Waals surface area contributed by atoms with Crippen LogP contribution >= 0.6 is 0 Å². The second-order valence-electron chi connectivity index (χ2n) is 0. The Bertz CT molecular complexity index is 7.51. The van der Waals surface area contributed by atoms with Gasteiger partial charge in [0.1, 0.15) is 0 Å². The predicted octanol–water partition coefficient (Wildman–Crippen LogP) is 1.41. The van der Waals surface area contributed by atoms with E-state index in [4.69, 9.17) is 0 Å². The SMILES string of the molecule is C.F.F.F.F.N. The summed E-state index contributed by atoms with van der Waals surface area (Å²) in [6, 6.07) is 0. The smallest absolute Gasteiger partial charge is 0.0776 e. The van der Waals surface area contributed by atoms with E-state index in [1.165, 1.54) is 0 Å². The van der Waals surface area contributed by atoms with Gasteiger partial charge in [-0.25, -0.2) is 0 Å². The Labute approximate surface area is 33.8 Å². The van der Waals surface area contributed by atoms with E-state index in [1.807, 2.05) is 0 Å². The summed E-state index contributed by atoms with van der Waals surface area (Å²) in [4.78, 5) is 0. The highest BCUT2D eigenvalue weighted by atomic mass is 19.0. The van der Waals surface area contributed by atoms with Crippen molar-refractivity contribution in [2.75, 3.05) is 0 Å². The van der Waals surface area contributed by atoms with E-state index >= 15 is 0 Å². The monoisotopic (exact) mass is 113 g/mol. The minimum atomic E-state index is 0. The molecule has 0 aliphatic rings. The average Bonchev–Trinajstić information content (AvgIpc) is 0. The fourth-order valence-corrected chi connectivity index (χ4v) is 0. The van der Waals surface area contributed by atoms with Gasteiger partial charge < -0.3 is 6.15 Å². The lowest BCUT2D eigenvalue weighted by Gasteiger charge is -0.344. The van der Waals surface area contributed by atoms with E-state index in [-0.39, 0.29) is 32.4 Å².